The van der Waals surface area contributed by atoms with Crippen molar-refractivity contribution in [2.45, 2.75) is 31.7 Å². The summed E-state index contributed by atoms with van der Waals surface area (Å²) in [5, 5.41) is 6.25. The number of amides is 3. The van der Waals surface area contributed by atoms with Gasteiger partial charge in [-0.2, -0.15) is 0 Å². The average Bonchev–Trinajstić information content (AvgIpc) is 3.23. The van der Waals surface area contributed by atoms with Crippen LogP contribution >= 0.6 is 0 Å². The number of furan rings is 1. The Bertz CT molecular complexity index is 1200. The van der Waals surface area contributed by atoms with E-state index in [0.29, 0.717) is 48.3 Å². The molecular formula is C24H25N5O5. The molecule has 1 aliphatic heterocycles. The molecule has 10 heteroatoms. The number of hydrogen-bond acceptors (Lipinski definition) is 7. The lowest BCUT2D eigenvalue weighted by atomic mass is 9.84. The monoisotopic (exact) mass is 463 g/mol. The van der Waals surface area contributed by atoms with E-state index in [1.165, 1.54) is 0 Å². The summed E-state index contributed by atoms with van der Waals surface area (Å²) < 4.78 is 11.0. The third-order valence-corrected chi connectivity index (χ3v) is 6.41. The molecule has 10 nitrogen and oxygen atoms in total. The van der Waals surface area contributed by atoms with E-state index in [2.05, 4.69) is 20.6 Å². The van der Waals surface area contributed by atoms with Gasteiger partial charge in [0.05, 0.1) is 12.0 Å². The van der Waals surface area contributed by atoms with Crippen molar-refractivity contribution in [3.63, 3.8) is 0 Å². The van der Waals surface area contributed by atoms with Gasteiger partial charge in [0, 0.05) is 49.0 Å². The van der Waals surface area contributed by atoms with Crippen LogP contribution in [-0.2, 0) is 14.3 Å². The van der Waals surface area contributed by atoms with E-state index in [1.807, 2.05) is 4.90 Å². The van der Waals surface area contributed by atoms with Crippen molar-refractivity contribution in [3.8, 4) is 0 Å². The van der Waals surface area contributed by atoms with Crippen molar-refractivity contribution in [3.05, 3.63) is 48.7 Å². The Morgan fingerprint density at radius 2 is 1.76 bits per heavy atom. The van der Waals surface area contributed by atoms with Gasteiger partial charge < -0.3 is 24.7 Å². The summed E-state index contributed by atoms with van der Waals surface area (Å²) in [5.41, 5.74) is 1.33. The third-order valence-electron chi connectivity index (χ3n) is 6.41. The Labute approximate surface area is 195 Å². The first-order valence-electron chi connectivity index (χ1n) is 11.4. The van der Waals surface area contributed by atoms with Crippen molar-refractivity contribution in [1.29, 1.82) is 0 Å². The molecule has 2 fully saturated rings. The molecule has 1 aliphatic carbocycles. The maximum Gasteiger partial charge on any atom is 0.293 e. The van der Waals surface area contributed by atoms with E-state index < -0.39 is 5.91 Å². The molecule has 0 spiro atoms. The first-order chi connectivity index (χ1) is 16.6. The Morgan fingerprint density at radius 3 is 2.53 bits per heavy atom. The molecule has 0 unspecified atom stereocenters. The summed E-state index contributed by atoms with van der Waals surface area (Å²) in [7, 11) is 0. The van der Waals surface area contributed by atoms with Gasteiger partial charge in [-0.05, 0) is 43.9 Å². The highest BCUT2D eigenvalue weighted by Crippen LogP contribution is 2.34. The summed E-state index contributed by atoms with van der Waals surface area (Å²) in [5.74, 6) is -0.837. The topological polar surface area (TPSA) is 127 Å². The Balaban J connectivity index is 1.30. The molecule has 3 amide bonds. The number of nitrogens with one attached hydrogen (secondary N) is 2. The number of aromatic nitrogens is 2. The number of pyridine rings is 2. The highest BCUT2D eigenvalue weighted by molar-refractivity contribution is 6.14. The molecule has 2 aliphatic rings. The number of anilines is 2. The van der Waals surface area contributed by atoms with Crippen LogP contribution in [0.15, 0.2) is 47.4 Å². The van der Waals surface area contributed by atoms with Gasteiger partial charge in [-0.25, -0.2) is 0 Å². The summed E-state index contributed by atoms with van der Waals surface area (Å²) in [4.78, 5) is 48.2. The smallest absolute Gasteiger partial charge is 0.293 e. The first kappa shape index (κ1) is 22.0. The van der Waals surface area contributed by atoms with Gasteiger partial charge in [0.15, 0.2) is 0 Å². The summed E-state index contributed by atoms with van der Waals surface area (Å²) in [6, 6.07) is 5.12. The standard InChI is InChI=1S/C24H25N5O5/c30-20-14-33-12-11-29(20)17-3-1-15(2-4-17)23(31)28-21-18-13-26-10-7-19(18)34-22(21)24(32)27-16-5-8-25-9-6-16/h5-10,13,15,17H,1-4,11-12,14H2,(H,28,31)(H,25,27,32). The van der Waals surface area contributed by atoms with Gasteiger partial charge in [-0.3, -0.25) is 24.4 Å². The van der Waals surface area contributed by atoms with Crippen molar-refractivity contribution in [2.75, 3.05) is 30.4 Å². The van der Waals surface area contributed by atoms with Gasteiger partial charge in [0.2, 0.25) is 17.6 Å². The molecule has 1 saturated carbocycles. The third kappa shape index (κ3) is 4.49. The van der Waals surface area contributed by atoms with Crippen LogP contribution in [0.1, 0.15) is 36.2 Å². The second-order valence-corrected chi connectivity index (χ2v) is 8.50. The fourth-order valence-corrected chi connectivity index (χ4v) is 4.64. The molecule has 5 rings (SSSR count). The van der Waals surface area contributed by atoms with Crippen molar-refractivity contribution >= 4 is 40.1 Å². The van der Waals surface area contributed by atoms with E-state index in [4.69, 9.17) is 9.15 Å². The molecule has 0 bridgehead atoms. The second kappa shape index (κ2) is 9.60. The number of nitrogens with zero attached hydrogens (tertiary/aromatic N) is 3. The molecule has 34 heavy (non-hydrogen) atoms. The van der Waals surface area contributed by atoms with Crippen LogP contribution in [0, 0.1) is 5.92 Å². The minimum atomic E-state index is -0.479. The van der Waals surface area contributed by atoms with Gasteiger partial charge in [0.1, 0.15) is 17.9 Å². The lowest BCUT2D eigenvalue weighted by molar-refractivity contribution is -0.146. The second-order valence-electron chi connectivity index (χ2n) is 8.50. The van der Waals surface area contributed by atoms with Crippen LogP contribution in [0.2, 0.25) is 0 Å². The van der Waals surface area contributed by atoms with E-state index in [9.17, 15) is 14.4 Å². The molecule has 0 atom stereocenters. The summed E-state index contributed by atoms with van der Waals surface area (Å²) in [6.45, 7) is 1.29. The van der Waals surface area contributed by atoms with E-state index >= 15 is 0 Å². The maximum absolute atomic E-state index is 13.2. The molecular weight excluding hydrogens is 438 g/mol. The van der Waals surface area contributed by atoms with Crippen LogP contribution in [0.3, 0.4) is 0 Å². The maximum atomic E-state index is 13.2. The quantitative estimate of drug-likeness (QED) is 0.596. The zero-order valence-electron chi connectivity index (χ0n) is 18.5. The van der Waals surface area contributed by atoms with Crippen LogP contribution in [-0.4, -0.2) is 58.4 Å². The number of morpholine rings is 1. The van der Waals surface area contributed by atoms with Crippen molar-refractivity contribution < 1.29 is 23.5 Å². The van der Waals surface area contributed by atoms with Crippen LogP contribution in [0.25, 0.3) is 11.0 Å². The fraction of sp³-hybridized carbons (Fsp3) is 0.375. The zero-order chi connectivity index (χ0) is 23.5. The molecule has 176 valence electrons. The highest BCUT2D eigenvalue weighted by atomic mass is 16.5. The molecule has 0 radical (unpaired) electrons. The lowest BCUT2D eigenvalue weighted by Crippen LogP contribution is -2.49. The van der Waals surface area contributed by atoms with Crippen LogP contribution in [0.5, 0.6) is 0 Å². The van der Waals surface area contributed by atoms with Gasteiger partial charge in [-0.1, -0.05) is 0 Å². The van der Waals surface area contributed by atoms with Crippen LogP contribution < -0.4 is 10.6 Å². The normalized spacial score (nSPS) is 20.8. The van der Waals surface area contributed by atoms with Gasteiger partial charge >= 0.3 is 0 Å². The Morgan fingerprint density at radius 1 is 1.00 bits per heavy atom. The molecule has 0 aromatic carbocycles. The summed E-state index contributed by atoms with van der Waals surface area (Å²) >= 11 is 0. The molecule has 1 saturated heterocycles. The Kier molecular flexibility index (Phi) is 6.22. The highest BCUT2D eigenvalue weighted by Gasteiger charge is 2.33. The molecule has 3 aromatic heterocycles. The predicted molar refractivity (Wildman–Crippen MR) is 123 cm³/mol. The number of fused-ring (bicyclic) bond motifs is 1. The first-order valence-corrected chi connectivity index (χ1v) is 11.4. The van der Waals surface area contributed by atoms with Crippen LogP contribution in [0.4, 0.5) is 11.4 Å². The zero-order valence-corrected chi connectivity index (χ0v) is 18.5. The number of ether oxygens (including phenoxy) is 1. The van der Waals surface area contributed by atoms with E-state index in [0.717, 1.165) is 12.8 Å². The minimum absolute atomic E-state index is 0.0146. The van der Waals surface area contributed by atoms with Crippen molar-refractivity contribution in [1.82, 2.24) is 14.9 Å². The van der Waals surface area contributed by atoms with E-state index in [1.54, 1.807) is 43.0 Å². The minimum Gasteiger partial charge on any atom is -0.448 e. The largest absolute Gasteiger partial charge is 0.448 e. The molecule has 3 aromatic rings. The number of carbonyl (C=O) groups is 3. The predicted octanol–water partition coefficient (Wildman–Crippen LogP) is 2.83. The lowest BCUT2D eigenvalue weighted by Gasteiger charge is -2.38. The number of rotatable bonds is 5. The SMILES string of the molecule is O=C(Nc1ccncc1)c1oc2ccncc2c1NC(=O)C1CCC(N2CCOCC2=O)CC1. The average molecular weight is 463 g/mol. The molecule has 4 heterocycles. The number of carbonyl (C=O) groups excluding carboxylic acids is 3. The van der Waals surface area contributed by atoms with Gasteiger partial charge in [-0.15, -0.1) is 0 Å². The Hall–Kier alpha value is -3.79. The summed E-state index contributed by atoms with van der Waals surface area (Å²) in [6.07, 6.45) is 9.11. The number of hydrogen-bond donors (Lipinski definition) is 2. The molecule has 2 N–H and O–H groups in total. The van der Waals surface area contributed by atoms with Gasteiger partial charge in [0.25, 0.3) is 5.91 Å². The van der Waals surface area contributed by atoms with E-state index in [-0.39, 0.29) is 36.1 Å². The van der Waals surface area contributed by atoms with Crippen molar-refractivity contribution in [2.24, 2.45) is 5.92 Å². The fourth-order valence-electron chi connectivity index (χ4n) is 4.64.